The zero-order valence-electron chi connectivity index (χ0n) is 18.6. The molecule has 0 aromatic heterocycles. The molecule has 0 heterocycles. The van der Waals surface area contributed by atoms with E-state index in [4.69, 9.17) is 0 Å². The summed E-state index contributed by atoms with van der Waals surface area (Å²) in [6, 6.07) is 6.21. The summed E-state index contributed by atoms with van der Waals surface area (Å²) in [7, 11) is 0. The molecule has 3 heteroatoms. The Morgan fingerprint density at radius 3 is 1.69 bits per heavy atom. The monoisotopic (exact) mass is 363 g/mol. The Bertz CT molecular complexity index is 488. The van der Waals surface area contributed by atoms with Crippen molar-refractivity contribution in [1.29, 1.82) is 0 Å². The quantitative estimate of drug-likeness (QED) is 0.500. The molecular formula is C23H43N2O+. The highest BCUT2D eigenvalue weighted by atomic mass is 16.2. The summed E-state index contributed by atoms with van der Waals surface area (Å²) in [5.74, 6) is 0.185. The number of hydrogen-bond acceptors (Lipinski definition) is 1. The lowest BCUT2D eigenvalue weighted by Crippen LogP contribution is -2.60. The zero-order valence-corrected chi connectivity index (χ0v) is 18.6. The van der Waals surface area contributed by atoms with Gasteiger partial charge < -0.3 is 9.80 Å². The van der Waals surface area contributed by atoms with Crippen molar-refractivity contribution in [3.63, 3.8) is 0 Å². The van der Waals surface area contributed by atoms with E-state index in [1.807, 2.05) is 19.9 Å². The summed E-state index contributed by atoms with van der Waals surface area (Å²) in [5.41, 5.74) is 3.26. The van der Waals surface area contributed by atoms with Gasteiger partial charge in [0.2, 0.25) is 0 Å². The smallest absolute Gasteiger partial charge is 0.282 e. The number of anilines is 1. The summed E-state index contributed by atoms with van der Waals surface area (Å²) in [4.78, 5) is 13.2. The lowest BCUT2D eigenvalue weighted by molar-refractivity contribution is -0.942. The third-order valence-electron chi connectivity index (χ3n) is 5.09. The van der Waals surface area contributed by atoms with Crippen molar-refractivity contribution in [1.82, 2.24) is 0 Å². The summed E-state index contributed by atoms with van der Waals surface area (Å²) >= 11 is 0. The highest BCUT2D eigenvalue weighted by Crippen LogP contribution is 2.24. The number of amides is 1. The van der Waals surface area contributed by atoms with E-state index < -0.39 is 0 Å². The predicted octanol–water partition coefficient (Wildman–Crippen LogP) is 6.09. The normalized spacial score (nSPS) is 12.2. The summed E-state index contributed by atoms with van der Waals surface area (Å²) in [6.45, 7) is 20.2. The maximum atomic E-state index is 13.2. The third-order valence-corrected chi connectivity index (χ3v) is 5.09. The fourth-order valence-electron chi connectivity index (χ4n) is 4.18. The van der Waals surface area contributed by atoms with Gasteiger partial charge in [-0.3, -0.25) is 4.79 Å². The van der Waals surface area contributed by atoms with Crippen LogP contribution < -0.4 is 5.32 Å². The van der Waals surface area contributed by atoms with E-state index in [1.165, 1.54) is 0 Å². The van der Waals surface area contributed by atoms with Gasteiger partial charge in [-0.2, -0.15) is 0 Å². The largest absolute Gasteiger partial charge is 0.320 e. The lowest BCUT2D eigenvalue weighted by atomic mass is 10.0. The van der Waals surface area contributed by atoms with E-state index in [1.54, 1.807) is 0 Å². The Labute approximate surface area is 162 Å². The summed E-state index contributed by atoms with van der Waals surface area (Å²) in [6.07, 6.45) is 4.24. The van der Waals surface area contributed by atoms with E-state index in [0.29, 0.717) is 0 Å². The van der Waals surface area contributed by atoms with Crippen LogP contribution in [0.4, 0.5) is 5.69 Å². The molecule has 1 atom stereocenters. The minimum absolute atomic E-state index is 0.0313. The van der Waals surface area contributed by atoms with E-state index in [2.05, 4.69) is 59.0 Å². The van der Waals surface area contributed by atoms with Crippen LogP contribution in [0.2, 0.25) is 0 Å². The molecule has 0 spiro atoms. The highest BCUT2D eigenvalue weighted by Gasteiger charge is 2.39. The average Bonchev–Trinajstić information content (AvgIpc) is 2.61. The number of nitrogens with zero attached hydrogens (tertiary/aromatic N) is 1. The molecule has 0 bridgehead atoms. The molecule has 3 nitrogen and oxygen atoms in total. The Kier molecular flexibility index (Phi) is 12.2. The molecule has 1 aromatic carbocycles. The summed E-state index contributed by atoms with van der Waals surface area (Å²) < 4.78 is 0.927. The van der Waals surface area contributed by atoms with Crippen molar-refractivity contribution in [2.24, 2.45) is 0 Å². The Hall–Kier alpha value is -1.35. The van der Waals surface area contributed by atoms with Gasteiger partial charge in [0.15, 0.2) is 6.04 Å². The minimum Gasteiger partial charge on any atom is -0.320 e. The number of benzene rings is 1. The fourth-order valence-corrected chi connectivity index (χ4v) is 4.18. The second-order valence-corrected chi connectivity index (χ2v) is 7.07. The number of quaternary nitrogens is 1. The number of para-hydroxylation sites is 1. The molecular weight excluding hydrogens is 320 g/mol. The molecule has 1 rings (SSSR count). The van der Waals surface area contributed by atoms with Crippen molar-refractivity contribution in [2.75, 3.05) is 25.0 Å². The summed E-state index contributed by atoms with van der Waals surface area (Å²) in [5, 5.41) is 3.26. The molecule has 26 heavy (non-hydrogen) atoms. The van der Waals surface area contributed by atoms with Gasteiger partial charge in [0.25, 0.3) is 5.91 Å². The van der Waals surface area contributed by atoms with E-state index in [0.717, 1.165) is 66.6 Å². The lowest BCUT2D eigenvalue weighted by Gasteiger charge is -2.44. The minimum atomic E-state index is 0.0313. The van der Waals surface area contributed by atoms with Crippen LogP contribution in [0.1, 0.15) is 78.4 Å². The van der Waals surface area contributed by atoms with Crippen LogP contribution in [0.25, 0.3) is 0 Å². The molecule has 0 saturated heterocycles. The Morgan fingerprint density at radius 1 is 0.923 bits per heavy atom. The predicted molar refractivity (Wildman–Crippen MR) is 116 cm³/mol. The molecule has 0 fully saturated rings. The number of carbonyl (C=O) groups excluding carboxylic acids is 1. The molecule has 0 radical (unpaired) electrons. The SMILES string of the molecule is CC.CCC[N+](CCC)(CCC)C(CC)C(=O)Nc1c(C)cccc1C. The third kappa shape index (κ3) is 6.42. The van der Waals surface area contributed by atoms with Gasteiger partial charge in [-0.1, -0.05) is 59.7 Å². The van der Waals surface area contributed by atoms with Crippen LogP contribution in [-0.4, -0.2) is 36.1 Å². The van der Waals surface area contributed by atoms with Crippen LogP contribution >= 0.6 is 0 Å². The topological polar surface area (TPSA) is 29.1 Å². The molecule has 1 N–H and O–H groups in total. The number of aryl methyl sites for hydroxylation is 2. The molecule has 0 aliphatic rings. The molecule has 0 aliphatic heterocycles. The number of rotatable bonds is 10. The van der Waals surface area contributed by atoms with Gasteiger partial charge in [-0.05, 0) is 44.2 Å². The highest BCUT2D eigenvalue weighted by molar-refractivity contribution is 5.95. The van der Waals surface area contributed by atoms with Crippen LogP contribution in [0, 0.1) is 13.8 Å². The number of carbonyl (C=O) groups is 1. The van der Waals surface area contributed by atoms with Gasteiger partial charge in [0.05, 0.1) is 19.6 Å². The van der Waals surface area contributed by atoms with Crippen molar-refractivity contribution in [2.45, 2.75) is 87.1 Å². The van der Waals surface area contributed by atoms with Crippen molar-refractivity contribution >= 4 is 11.6 Å². The molecule has 1 aromatic rings. The zero-order chi connectivity index (χ0) is 20.2. The molecule has 0 saturated carbocycles. The van der Waals surface area contributed by atoms with Gasteiger partial charge in [0, 0.05) is 12.1 Å². The van der Waals surface area contributed by atoms with Gasteiger partial charge >= 0.3 is 0 Å². The van der Waals surface area contributed by atoms with E-state index >= 15 is 0 Å². The first-order valence-corrected chi connectivity index (χ1v) is 10.7. The standard InChI is InChI=1S/C21H36N2O.C2H6/c1-7-14-23(15-8-2,16-9-3)19(10-4)21(24)22-20-17(5)12-11-13-18(20)6;1-2/h11-13,19H,7-10,14-16H2,1-6H3;1-2H3/p+1. The van der Waals surface area contributed by atoms with Crippen molar-refractivity contribution in [3.05, 3.63) is 29.3 Å². The maximum Gasteiger partial charge on any atom is 0.282 e. The van der Waals surface area contributed by atoms with Crippen molar-refractivity contribution < 1.29 is 9.28 Å². The van der Waals surface area contributed by atoms with Crippen LogP contribution in [0.15, 0.2) is 18.2 Å². The molecule has 150 valence electrons. The maximum absolute atomic E-state index is 13.2. The van der Waals surface area contributed by atoms with Crippen molar-refractivity contribution in [3.8, 4) is 0 Å². The first-order valence-electron chi connectivity index (χ1n) is 10.7. The second kappa shape index (κ2) is 12.9. The van der Waals surface area contributed by atoms with E-state index in [9.17, 15) is 4.79 Å². The van der Waals surface area contributed by atoms with Crippen LogP contribution in [-0.2, 0) is 4.79 Å². The Balaban J connectivity index is 0.00000301. The van der Waals surface area contributed by atoms with Gasteiger partial charge in [0.1, 0.15) is 0 Å². The Morgan fingerprint density at radius 2 is 1.35 bits per heavy atom. The fraction of sp³-hybridized carbons (Fsp3) is 0.696. The molecule has 1 amide bonds. The molecule has 1 unspecified atom stereocenters. The number of hydrogen-bond donors (Lipinski definition) is 1. The molecule has 0 aliphatic carbocycles. The number of nitrogens with one attached hydrogen (secondary N) is 1. The van der Waals surface area contributed by atoms with E-state index in [-0.39, 0.29) is 11.9 Å². The van der Waals surface area contributed by atoms with Crippen LogP contribution in [0.5, 0.6) is 0 Å². The first kappa shape index (κ1) is 24.7. The first-order chi connectivity index (χ1) is 12.5. The average molecular weight is 364 g/mol. The van der Waals surface area contributed by atoms with Crippen LogP contribution in [0.3, 0.4) is 0 Å². The van der Waals surface area contributed by atoms with Gasteiger partial charge in [-0.15, -0.1) is 0 Å². The second-order valence-electron chi connectivity index (χ2n) is 7.07. The van der Waals surface area contributed by atoms with Gasteiger partial charge in [-0.25, -0.2) is 0 Å².